The molecule has 4 heterocycles. The van der Waals surface area contributed by atoms with Crippen LogP contribution >= 0.6 is 11.8 Å². The molecule has 11 N–H and O–H groups in total. The van der Waals surface area contributed by atoms with Crippen molar-refractivity contribution >= 4 is 64.5 Å². The molecular weight excluding hydrogens is 739 g/mol. The molecule has 0 radical (unpaired) electrons. The minimum atomic E-state index is -1.67. The van der Waals surface area contributed by atoms with Crippen LogP contribution in [0.25, 0.3) is 0 Å². The largest absolute Gasteiger partial charge is 0.391 e. The molecule has 3 saturated heterocycles. The number of rotatable bonds is 4. The molecule has 0 saturated carbocycles. The third-order valence-electron chi connectivity index (χ3n) is 10.1. The molecule has 7 amide bonds. The van der Waals surface area contributed by atoms with Gasteiger partial charge >= 0.3 is 0 Å². The van der Waals surface area contributed by atoms with Crippen molar-refractivity contribution in [3.63, 3.8) is 0 Å². The molecule has 4 unspecified atom stereocenters. The van der Waals surface area contributed by atoms with E-state index in [2.05, 4.69) is 31.9 Å². The number of amides is 7. The Balaban J connectivity index is 1.66. The Labute approximate surface area is 321 Å². The summed E-state index contributed by atoms with van der Waals surface area (Å²) >= 11 is 0.938. The van der Waals surface area contributed by atoms with Crippen LogP contribution in [0.4, 0.5) is 5.69 Å². The predicted molar refractivity (Wildman–Crippen MR) is 198 cm³/mol. The van der Waals surface area contributed by atoms with Crippen LogP contribution in [-0.2, 0) is 33.6 Å². The van der Waals surface area contributed by atoms with Gasteiger partial charge in [0, 0.05) is 43.3 Å². The first-order valence-electron chi connectivity index (χ1n) is 18.1. The summed E-state index contributed by atoms with van der Waals surface area (Å²) in [4.78, 5) is 103. The van der Waals surface area contributed by atoms with Crippen LogP contribution in [0.5, 0.6) is 0 Å². The Morgan fingerprint density at radius 1 is 0.891 bits per heavy atom. The van der Waals surface area contributed by atoms with Gasteiger partial charge in [0.25, 0.3) is 5.91 Å². The average molecular weight is 788 g/mol. The van der Waals surface area contributed by atoms with Crippen LogP contribution in [0.3, 0.4) is 0 Å². The molecule has 11 atom stereocenters. The maximum atomic E-state index is 14.3. The van der Waals surface area contributed by atoms with Gasteiger partial charge in [0.15, 0.2) is 5.37 Å². The zero-order chi connectivity index (χ0) is 40.4. The number of aliphatic imine (C=N–C) groups is 1. The third kappa shape index (κ3) is 9.61. The van der Waals surface area contributed by atoms with Crippen LogP contribution in [0.1, 0.15) is 58.4 Å². The lowest BCUT2D eigenvalue weighted by molar-refractivity contribution is -0.141. The van der Waals surface area contributed by atoms with Crippen molar-refractivity contribution in [3.8, 4) is 0 Å². The van der Waals surface area contributed by atoms with E-state index in [4.69, 9.17) is 10.7 Å². The fourth-order valence-electron chi connectivity index (χ4n) is 6.92. The molecule has 1 aromatic rings. The molecule has 0 aliphatic carbocycles. The number of aliphatic hydroxyl groups excluding tert-OH is 2. The maximum Gasteiger partial charge on any atom is 0.256 e. The number of carbonyl (C=O) groups excluding carboxylic acids is 7. The number of hydrogen-bond acceptors (Lipinski definition) is 13. The normalized spacial score (nSPS) is 32.9. The molecule has 300 valence electrons. The number of fused-ring (bicyclic) bond motifs is 5. The van der Waals surface area contributed by atoms with Crippen LogP contribution in [0.2, 0.25) is 0 Å². The fourth-order valence-corrected chi connectivity index (χ4v) is 8.00. The number of carbonyl (C=O) groups is 7. The topological polar surface area (TPSA) is 294 Å². The number of nitrogens with zero attached hydrogens (tertiary/aromatic N) is 2. The molecule has 0 spiro atoms. The zero-order valence-electron chi connectivity index (χ0n) is 30.9. The van der Waals surface area contributed by atoms with Gasteiger partial charge in [-0.3, -0.25) is 38.6 Å². The third-order valence-corrected chi connectivity index (χ3v) is 11.2. The Hall–Kier alpha value is -4.63. The van der Waals surface area contributed by atoms with Crippen LogP contribution in [-0.4, -0.2) is 146 Å². The van der Waals surface area contributed by atoms with Gasteiger partial charge in [-0.05, 0) is 45.7 Å². The standard InChI is InChI=1S/C35H49N9O10S/c1-15-27(47)40-22-10-20-19-7-5-6-8-21(19)39-24(20)13-55-33(34(53)44-12-18(46)9-25(44)31(51)38-15)43-32(52)26(17(3)45)42-28(48)16(2)37-30(50)23(41-29(22)49)11-35(4,54)14-36/h5-8,15-18,20,22-23,25-26,33,45-46,54H,9-14,36H2,1-4H3,(H,37,50)(H,38,51)(H,40,47)(H,41,49)(H,42,48)(H,43,52)/t15-,16+,17-,18+,20?,22-,23-,25?,26+,33?,35?/m0/s1. The van der Waals surface area contributed by atoms with Crippen LogP contribution < -0.4 is 37.6 Å². The minimum Gasteiger partial charge on any atom is -0.391 e. The molecule has 4 aliphatic rings. The summed E-state index contributed by atoms with van der Waals surface area (Å²) < 4.78 is 0. The van der Waals surface area contributed by atoms with Gasteiger partial charge in [0.1, 0.15) is 36.3 Å². The molecule has 55 heavy (non-hydrogen) atoms. The number of para-hydroxylation sites is 1. The van der Waals surface area contributed by atoms with Gasteiger partial charge in [0.2, 0.25) is 35.4 Å². The highest BCUT2D eigenvalue weighted by Crippen LogP contribution is 2.39. The van der Waals surface area contributed by atoms with E-state index in [-0.39, 0.29) is 31.7 Å². The van der Waals surface area contributed by atoms with E-state index in [0.29, 0.717) is 17.0 Å². The van der Waals surface area contributed by atoms with Crippen molar-refractivity contribution < 1.29 is 48.9 Å². The highest BCUT2D eigenvalue weighted by atomic mass is 32.2. The van der Waals surface area contributed by atoms with E-state index < -0.39 is 113 Å². The summed E-state index contributed by atoms with van der Waals surface area (Å²) in [5, 5.41) is 46.0. The molecule has 0 aromatic heterocycles. The molecule has 5 rings (SSSR count). The fraction of sp³-hybridized carbons (Fsp3) is 0.600. The molecule has 3 fully saturated rings. The zero-order valence-corrected chi connectivity index (χ0v) is 31.7. The first kappa shape index (κ1) is 41.5. The second kappa shape index (κ2) is 17.0. The second-order valence-electron chi connectivity index (χ2n) is 14.8. The van der Waals surface area contributed by atoms with Crippen molar-refractivity contribution in [2.75, 3.05) is 18.8 Å². The molecular formula is C35H49N9O10S. The quantitative estimate of drug-likeness (QED) is 0.141. The summed E-state index contributed by atoms with van der Waals surface area (Å²) in [6.45, 7) is 4.69. The number of thioether (sulfide) groups is 1. The maximum absolute atomic E-state index is 14.3. The van der Waals surface area contributed by atoms with E-state index in [1.807, 2.05) is 0 Å². The lowest BCUT2D eigenvalue weighted by Crippen LogP contribution is -2.61. The van der Waals surface area contributed by atoms with E-state index in [9.17, 15) is 48.9 Å². The highest BCUT2D eigenvalue weighted by Gasteiger charge is 2.45. The van der Waals surface area contributed by atoms with Gasteiger partial charge in [-0.15, -0.1) is 11.8 Å². The van der Waals surface area contributed by atoms with E-state index >= 15 is 0 Å². The van der Waals surface area contributed by atoms with Crippen molar-refractivity contribution in [3.05, 3.63) is 29.8 Å². The summed E-state index contributed by atoms with van der Waals surface area (Å²) in [6, 6.07) is -1.25. The van der Waals surface area contributed by atoms with Gasteiger partial charge in [-0.25, -0.2) is 0 Å². The first-order valence-corrected chi connectivity index (χ1v) is 19.1. The first-order chi connectivity index (χ1) is 25.9. The number of nitrogens with one attached hydrogen (secondary N) is 6. The summed E-state index contributed by atoms with van der Waals surface area (Å²) in [5.74, 6) is -6.59. The molecule has 1 aromatic carbocycles. The van der Waals surface area contributed by atoms with Crippen molar-refractivity contribution in [1.82, 2.24) is 36.8 Å². The monoisotopic (exact) mass is 787 g/mol. The second-order valence-corrected chi connectivity index (χ2v) is 15.9. The number of nitrogens with two attached hydrogens (primary N) is 1. The minimum absolute atomic E-state index is 0.0187. The molecule has 2 bridgehead atoms. The molecule has 4 aliphatic heterocycles. The SMILES string of the molecule is C[C@@H]1NC(=O)C2C[C@@H](O)CN2C(=O)C2NC(=O)[C@@H]([C@H](C)O)NC(=O)[C@@H](C)NC(=O)[C@H](CC(C)(O)CN)NC(=O)[C@H](CC3C(=Nc4ccccc43)CS2)NC1=O. The van der Waals surface area contributed by atoms with Gasteiger partial charge in [0.05, 0.1) is 23.5 Å². The Bertz CT molecular complexity index is 1740. The lowest BCUT2D eigenvalue weighted by atomic mass is 9.89. The number of aliphatic hydroxyl groups is 3. The van der Waals surface area contributed by atoms with Gasteiger partial charge < -0.3 is 57.9 Å². The van der Waals surface area contributed by atoms with Crippen molar-refractivity contribution in [2.45, 2.75) is 112 Å². The van der Waals surface area contributed by atoms with E-state index in [1.54, 1.807) is 24.3 Å². The molecule has 20 heteroatoms. The number of benzene rings is 1. The average Bonchev–Trinajstić information content (AvgIpc) is 3.69. The summed E-state index contributed by atoms with van der Waals surface area (Å²) in [6.07, 6.45) is -3.30. The highest BCUT2D eigenvalue weighted by molar-refractivity contribution is 8.01. The Morgan fingerprint density at radius 2 is 1.55 bits per heavy atom. The summed E-state index contributed by atoms with van der Waals surface area (Å²) in [5.41, 5.74) is 5.82. The van der Waals surface area contributed by atoms with E-state index in [0.717, 1.165) is 16.7 Å². The van der Waals surface area contributed by atoms with Crippen molar-refractivity contribution in [2.24, 2.45) is 10.7 Å². The summed E-state index contributed by atoms with van der Waals surface area (Å²) in [7, 11) is 0. The number of hydrogen-bond donors (Lipinski definition) is 10. The van der Waals surface area contributed by atoms with Gasteiger partial charge in [-0.2, -0.15) is 0 Å². The van der Waals surface area contributed by atoms with E-state index in [1.165, 1.54) is 27.7 Å². The molecule has 19 nitrogen and oxygen atoms in total. The van der Waals surface area contributed by atoms with Crippen LogP contribution in [0.15, 0.2) is 29.3 Å². The van der Waals surface area contributed by atoms with Gasteiger partial charge in [-0.1, -0.05) is 18.2 Å². The Kier molecular flexibility index (Phi) is 12.9. The predicted octanol–water partition coefficient (Wildman–Crippen LogP) is -3.64. The van der Waals surface area contributed by atoms with Crippen LogP contribution in [0, 0.1) is 0 Å². The Morgan fingerprint density at radius 3 is 2.22 bits per heavy atom. The lowest BCUT2D eigenvalue weighted by Gasteiger charge is -2.31. The van der Waals surface area contributed by atoms with Crippen molar-refractivity contribution in [1.29, 1.82) is 0 Å². The smallest absolute Gasteiger partial charge is 0.256 e.